The van der Waals surface area contributed by atoms with Gasteiger partial charge in [0.2, 0.25) is 11.8 Å². The summed E-state index contributed by atoms with van der Waals surface area (Å²) >= 11 is 5.66. The molecule has 0 aliphatic rings. The summed E-state index contributed by atoms with van der Waals surface area (Å²) in [6, 6.07) is 0. The highest BCUT2D eigenvalue weighted by molar-refractivity contribution is 6.19. The van der Waals surface area contributed by atoms with Crippen LogP contribution in [0.5, 0.6) is 0 Å². The van der Waals surface area contributed by atoms with E-state index in [2.05, 4.69) is 10.6 Å². The zero-order chi connectivity index (χ0) is 12.6. The highest BCUT2D eigenvalue weighted by Crippen LogP contribution is 2.16. The number of rotatable bonds is 7. The van der Waals surface area contributed by atoms with Crippen molar-refractivity contribution in [3.63, 3.8) is 0 Å². The normalized spacial score (nSPS) is 11.0. The Morgan fingerprint density at radius 1 is 1.19 bits per heavy atom. The smallest absolute Gasteiger partial charge is 0.226 e. The van der Waals surface area contributed by atoms with E-state index >= 15 is 0 Å². The van der Waals surface area contributed by atoms with Crippen molar-refractivity contribution in [3.05, 3.63) is 0 Å². The molecular formula is C11H21ClN2O2. The Balaban J connectivity index is 3.74. The summed E-state index contributed by atoms with van der Waals surface area (Å²) in [7, 11) is 0. The minimum absolute atomic E-state index is 0.0363. The largest absolute Gasteiger partial charge is 0.356 e. The van der Waals surface area contributed by atoms with Crippen LogP contribution in [0.15, 0.2) is 0 Å². The van der Waals surface area contributed by atoms with E-state index in [0.717, 1.165) is 6.42 Å². The van der Waals surface area contributed by atoms with Crippen molar-refractivity contribution in [2.75, 3.05) is 19.0 Å². The molecule has 0 aliphatic carbocycles. The number of hydrogen-bond donors (Lipinski definition) is 2. The molecule has 16 heavy (non-hydrogen) atoms. The van der Waals surface area contributed by atoms with Gasteiger partial charge in [0.15, 0.2) is 0 Å². The SMILES string of the molecule is CCCNC(=O)CCNC(=O)C(C)(C)CCl. The van der Waals surface area contributed by atoms with Crippen molar-refractivity contribution in [2.45, 2.75) is 33.6 Å². The van der Waals surface area contributed by atoms with Crippen LogP contribution in [0, 0.1) is 5.41 Å². The van der Waals surface area contributed by atoms with Crippen LogP contribution < -0.4 is 10.6 Å². The summed E-state index contributed by atoms with van der Waals surface area (Å²) in [4.78, 5) is 22.8. The second kappa shape index (κ2) is 7.49. The maximum atomic E-state index is 11.6. The monoisotopic (exact) mass is 248 g/mol. The molecule has 0 aromatic rings. The minimum Gasteiger partial charge on any atom is -0.356 e. The number of hydrogen-bond acceptors (Lipinski definition) is 2. The zero-order valence-electron chi connectivity index (χ0n) is 10.2. The molecule has 0 aromatic heterocycles. The summed E-state index contributed by atoms with van der Waals surface area (Å²) in [6.45, 7) is 6.57. The van der Waals surface area contributed by atoms with Crippen LogP contribution in [-0.2, 0) is 9.59 Å². The van der Waals surface area contributed by atoms with Gasteiger partial charge in [-0.3, -0.25) is 9.59 Å². The maximum absolute atomic E-state index is 11.6. The van der Waals surface area contributed by atoms with E-state index in [1.54, 1.807) is 13.8 Å². The molecule has 0 bridgehead atoms. The fourth-order valence-corrected chi connectivity index (χ4v) is 1.06. The van der Waals surface area contributed by atoms with E-state index in [4.69, 9.17) is 11.6 Å². The number of carbonyl (C=O) groups is 2. The molecule has 2 N–H and O–H groups in total. The fourth-order valence-electron chi connectivity index (χ4n) is 0.942. The third-order valence-corrected chi connectivity index (χ3v) is 2.83. The molecule has 0 spiro atoms. The molecule has 0 fully saturated rings. The molecule has 0 aliphatic heterocycles. The summed E-state index contributed by atoms with van der Waals surface area (Å²) in [5, 5.41) is 5.44. The molecule has 0 heterocycles. The number of amides is 2. The van der Waals surface area contributed by atoms with E-state index in [9.17, 15) is 9.59 Å². The lowest BCUT2D eigenvalue weighted by Gasteiger charge is -2.20. The van der Waals surface area contributed by atoms with Gasteiger partial charge in [0, 0.05) is 25.4 Å². The van der Waals surface area contributed by atoms with E-state index in [1.165, 1.54) is 0 Å². The van der Waals surface area contributed by atoms with Crippen molar-refractivity contribution >= 4 is 23.4 Å². The standard InChI is InChI=1S/C11H21ClN2O2/c1-4-6-13-9(15)5-7-14-10(16)11(2,3)8-12/h4-8H2,1-3H3,(H,13,15)(H,14,16). The van der Waals surface area contributed by atoms with Gasteiger partial charge in [0.1, 0.15) is 0 Å². The predicted molar refractivity (Wildman–Crippen MR) is 65.4 cm³/mol. The second-order valence-electron chi connectivity index (χ2n) is 4.37. The quantitative estimate of drug-likeness (QED) is 0.667. The topological polar surface area (TPSA) is 58.2 Å². The molecule has 2 amide bonds. The Morgan fingerprint density at radius 3 is 2.31 bits per heavy atom. The van der Waals surface area contributed by atoms with Crippen molar-refractivity contribution in [1.82, 2.24) is 10.6 Å². The first-order valence-electron chi connectivity index (χ1n) is 5.55. The van der Waals surface area contributed by atoms with Gasteiger partial charge in [0.25, 0.3) is 0 Å². The highest BCUT2D eigenvalue weighted by Gasteiger charge is 2.25. The van der Waals surface area contributed by atoms with Crippen molar-refractivity contribution in [2.24, 2.45) is 5.41 Å². The van der Waals surface area contributed by atoms with Gasteiger partial charge < -0.3 is 10.6 Å². The van der Waals surface area contributed by atoms with Gasteiger partial charge >= 0.3 is 0 Å². The summed E-state index contributed by atoms with van der Waals surface area (Å²) in [5.41, 5.74) is -0.582. The van der Waals surface area contributed by atoms with E-state index in [1.807, 2.05) is 6.92 Å². The van der Waals surface area contributed by atoms with Crippen molar-refractivity contribution < 1.29 is 9.59 Å². The molecule has 0 radical (unpaired) electrons. The molecule has 0 saturated heterocycles. The van der Waals surface area contributed by atoms with Gasteiger partial charge in [-0.2, -0.15) is 0 Å². The second-order valence-corrected chi connectivity index (χ2v) is 4.64. The molecule has 0 unspecified atom stereocenters. The molecule has 0 rings (SSSR count). The average Bonchev–Trinajstić information content (AvgIpc) is 2.26. The first-order chi connectivity index (χ1) is 7.44. The molecule has 94 valence electrons. The molecule has 5 heteroatoms. The number of halogens is 1. The molecule has 0 atom stereocenters. The third-order valence-electron chi connectivity index (χ3n) is 2.16. The lowest BCUT2D eigenvalue weighted by atomic mass is 9.95. The van der Waals surface area contributed by atoms with Gasteiger partial charge in [-0.05, 0) is 20.3 Å². The fraction of sp³-hybridized carbons (Fsp3) is 0.818. The first kappa shape index (κ1) is 15.2. The molecular weight excluding hydrogens is 228 g/mol. The van der Waals surface area contributed by atoms with Gasteiger partial charge in [0.05, 0.1) is 5.41 Å². The predicted octanol–water partition coefficient (Wildman–Crippen LogP) is 1.28. The van der Waals surface area contributed by atoms with Crippen LogP contribution in [0.4, 0.5) is 0 Å². The van der Waals surface area contributed by atoms with Crippen molar-refractivity contribution in [1.29, 1.82) is 0 Å². The lowest BCUT2D eigenvalue weighted by molar-refractivity contribution is -0.128. The Kier molecular flexibility index (Phi) is 7.13. The number of alkyl halides is 1. The molecule has 0 saturated carbocycles. The minimum atomic E-state index is -0.582. The van der Waals surface area contributed by atoms with Crippen LogP contribution in [0.2, 0.25) is 0 Å². The Morgan fingerprint density at radius 2 is 1.81 bits per heavy atom. The van der Waals surface area contributed by atoms with Crippen LogP contribution in [0.1, 0.15) is 33.6 Å². The van der Waals surface area contributed by atoms with E-state index in [-0.39, 0.29) is 17.7 Å². The summed E-state index contributed by atoms with van der Waals surface area (Å²) in [5.74, 6) is 0.109. The molecule has 4 nitrogen and oxygen atoms in total. The van der Waals surface area contributed by atoms with Crippen LogP contribution >= 0.6 is 11.6 Å². The van der Waals surface area contributed by atoms with Gasteiger partial charge in [-0.1, -0.05) is 6.92 Å². The van der Waals surface area contributed by atoms with Crippen molar-refractivity contribution in [3.8, 4) is 0 Å². The Bertz CT molecular complexity index is 242. The zero-order valence-corrected chi connectivity index (χ0v) is 11.0. The van der Waals surface area contributed by atoms with Gasteiger partial charge in [-0.25, -0.2) is 0 Å². The van der Waals surface area contributed by atoms with Crippen LogP contribution in [0.25, 0.3) is 0 Å². The van der Waals surface area contributed by atoms with Gasteiger partial charge in [-0.15, -0.1) is 11.6 Å². The van der Waals surface area contributed by atoms with Crippen LogP contribution in [-0.4, -0.2) is 30.8 Å². The number of carbonyl (C=O) groups excluding carboxylic acids is 2. The Labute approximate surface area is 102 Å². The highest BCUT2D eigenvalue weighted by atomic mass is 35.5. The number of nitrogens with one attached hydrogen (secondary N) is 2. The lowest BCUT2D eigenvalue weighted by Crippen LogP contribution is -2.40. The Hall–Kier alpha value is -0.770. The van der Waals surface area contributed by atoms with E-state index in [0.29, 0.717) is 19.5 Å². The van der Waals surface area contributed by atoms with E-state index < -0.39 is 5.41 Å². The average molecular weight is 249 g/mol. The maximum Gasteiger partial charge on any atom is 0.226 e. The third kappa shape index (κ3) is 5.95. The summed E-state index contributed by atoms with van der Waals surface area (Å²) < 4.78 is 0. The van der Waals surface area contributed by atoms with Crippen LogP contribution in [0.3, 0.4) is 0 Å². The summed E-state index contributed by atoms with van der Waals surface area (Å²) in [6.07, 6.45) is 1.22. The first-order valence-corrected chi connectivity index (χ1v) is 6.08. The molecule has 0 aromatic carbocycles.